The number of hydrogen-bond donors (Lipinski definition) is 0. The van der Waals surface area contributed by atoms with Crippen molar-refractivity contribution in [2.45, 2.75) is 105 Å². The Labute approximate surface area is 429 Å². The topological polar surface area (TPSA) is 14.8 Å². The van der Waals surface area contributed by atoms with E-state index in [1.807, 2.05) is 0 Å². The van der Waals surface area contributed by atoms with E-state index < -0.39 is 0 Å². The Kier molecular flexibility index (Phi) is 9.58. The molecule has 3 heterocycles. The third-order valence-corrected chi connectivity index (χ3v) is 16.2. The van der Waals surface area contributed by atoms with Crippen molar-refractivity contribution in [3.05, 3.63) is 198 Å². The third-order valence-electron chi connectivity index (χ3n) is 16.2. The van der Waals surface area contributed by atoms with E-state index in [0.29, 0.717) is 0 Å². The third kappa shape index (κ3) is 6.99. The molecule has 13 rings (SSSR count). The predicted molar refractivity (Wildman–Crippen MR) is 317 cm³/mol. The van der Waals surface area contributed by atoms with Gasteiger partial charge in [0, 0.05) is 49.1 Å². The molecule has 0 aliphatic carbocycles. The van der Waals surface area contributed by atoms with Crippen LogP contribution in [0.15, 0.2) is 176 Å². The molecule has 73 heavy (non-hydrogen) atoms. The zero-order valence-electron chi connectivity index (χ0n) is 44.6. The SMILES string of the molecule is CC(C)(C)c1ccc2c(c1)c1cc(C(C)(C)C)ccc1n2-c1ccc2c3ccc(-n4c5ccc(C(C)(C)C)cc5c5cc(C(C)(C)C)ccc54)cc3n(-c3cccc4c3ccc3c5ccccc5ccc43)c2c1. The molecule has 360 valence electrons. The van der Waals surface area contributed by atoms with Crippen LogP contribution in [0.2, 0.25) is 0 Å². The van der Waals surface area contributed by atoms with Crippen LogP contribution in [0.25, 0.3) is 115 Å². The van der Waals surface area contributed by atoms with Crippen LogP contribution in [0, 0.1) is 0 Å². The van der Waals surface area contributed by atoms with Gasteiger partial charge in [-0.15, -0.1) is 0 Å². The van der Waals surface area contributed by atoms with E-state index in [9.17, 15) is 0 Å². The molecule has 0 aliphatic heterocycles. The van der Waals surface area contributed by atoms with Gasteiger partial charge in [0.2, 0.25) is 0 Å². The standard InChI is InChI=1S/C70H65N3/c1-67(2,3)43-21-32-61-56(36-43)57-37-44(68(4,5)6)22-33-62(57)71(61)47-25-28-54-55-29-26-48(72-63-34-23-45(69(7,8)9)38-58(63)59-39-46(70(10,11)12)24-35-64(59)72)41-66(55)73(65(54)40-47)60-19-15-18-50-52-27-20-42-16-13-14-17-49(42)51(52)30-31-53(50)60/h13-41H,1-12H3. The Morgan fingerprint density at radius 1 is 0.233 bits per heavy atom. The summed E-state index contributed by atoms with van der Waals surface area (Å²) in [6, 6.07) is 67.9. The van der Waals surface area contributed by atoms with Crippen molar-refractivity contribution in [3.8, 4) is 17.1 Å². The van der Waals surface area contributed by atoms with E-state index in [1.54, 1.807) is 0 Å². The van der Waals surface area contributed by atoms with Gasteiger partial charge in [0.15, 0.2) is 0 Å². The quantitative estimate of drug-likeness (QED) is 0.157. The first-order chi connectivity index (χ1) is 34.7. The molecule has 0 amide bonds. The van der Waals surface area contributed by atoms with Crippen LogP contribution in [0.1, 0.15) is 105 Å². The van der Waals surface area contributed by atoms with Gasteiger partial charge in [-0.05, 0) is 150 Å². The van der Waals surface area contributed by atoms with Crippen molar-refractivity contribution >= 4 is 97.7 Å². The first kappa shape index (κ1) is 45.3. The highest BCUT2D eigenvalue weighted by atomic mass is 15.0. The lowest BCUT2D eigenvalue weighted by molar-refractivity contribution is 0.590. The average Bonchev–Trinajstić information content (AvgIpc) is 3.98. The fourth-order valence-electron chi connectivity index (χ4n) is 12.0. The Hall–Kier alpha value is -7.62. The van der Waals surface area contributed by atoms with Crippen LogP contribution in [0.5, 0.6) is 0 Å². The zero-order chi connectivity index (χ0) is 50.7. The van der Waals surface area contributed by atoms with Crippen LogP contribution < -0.4 is 0 Å². The molecule has 0 fully saturated rings. The highest BCUT2D eigenvalue weighted by Crippen LogP contribution is 2.44. The number of nitrogens with zero attached hydrogens (tertiary/aromatic N) is 3. The normalized spacial score (nSPS) is 13.2. The van der Waals surface area contributed by atoms with Crippen molar-refractivity contribution in [2.24, 2.45) is 0 Å². The van der Waals surface area contributed by atoms with E-state index in [0.717, 1.165) is 11.4 Å². The maximum atomic E-state index is 2.57. The minimum absolute atomic E-state index is 0.0177. The summed E-state index contributed by atoms with van der Waals surface area (Å²) in [5.41, 5.74) is 16.1. The number of aromatic nitrogens is 3. The van der Waals surface area contributed by atoms with Crippen LogP contribution in [0.4, 0.5) is 0 Å². The summed E-state index contributed by atoms with van der Waals surface area (Å²) >= 11 is 0. The van der Waals surface area contributed by atoms with Crippen LogP contribution in [0.3, 0.4) is 0 Å². The molecule has 0 N–H and O–H groups in total. The van der Waals surface area contributed by atoms with E-state index in [1.165, 1.54) is 126 Å². The molecule has 3 heteroatoms. The summed E-state index contributed by atoms with van der Waals surface area (Å²) in [4.78, 5) is 0. The van der Waals surface area contributed by atoms with Gasteiger partial charge >= 0.3 is 0 Å². The fourth-order valence-corrected chi connectivity index (χ4v) is 12.0. The molecule has 0 bridgehead atoms. The molecule has 3 aromatic heterocycles. The van der Waals surface area contributed by atoms with Crippen molar-refractivity contribution in [1.82, 2.24) is 13.7 Å². The predicted octanol–water partition coefficient (Wildman–Crippen LogP) is 19.6. The van der Waals surface area contributed by atoms with E-state index in [2.05, 4.69) is 273 Å². The zero-order valence-corrected chi connectivity index (χ0v) is 44.6. The van der Waals surface area contributed by atoms with Gasteiger partial charge < -0.3 is 13.7 Å². The van der Waals surface area contributed by atoms with Gasteiger partial charge in [-0.25, -0.2) is 0 Å². The van der Waals surface area contributed by atoms with Crippen molar-refractivity contribution in [1.29, 1.82) is 0 Å². The van der Waals surface area contributed by atoms with Crippen molar-refractivity contribution in [2.75, 3.05) is 0 Å². The fraction of sp³-hybridized carbons (Fsp3) is 0.229. The van der Waals surface area contributed by atoms with Crippen molar-refractivity contribution in [3.63, 3.8) is 0 Å². The average molecular weight is 948 g/mol. The van der Waals surface area contributed by atoms with Gasteiger partial charge in [0.1, 0.15) is 0 Å². The minimum atomic E-state index is 0.0177. The lowest BCUT2D eigenvalue weighted by atomic mass is 9.85. The maximum Gasteiger partial charge on any atom is 0.0562 e. The van der Waals surface area contributed by atoms with E-state index >= 15 is 0 Å². The summed E-state index contributed by atoms with van der Waals surface area (Å²) in [6.45, 7) is 27.8. The molecule has 0 spiro atoms. The Bertz CT molecular complexity index is 4110. The largest absolute Gasteiger partial charge is 0.309 e. The number of benzene rings is 10. The molecule has 0 radical (unpaired) electrons. The lowest BCUT2D eigenvalue weighted by Crippen LogP contribution is -2.10. The Morgan fingerprint density at radius 3 is 1.03 bits per heavy atom. The van der Waals surface area contributed by atoms with Gasteiger partial charge in [-0.2, -0.15) is 0 Å². The summed E-state index contributed by atoms with van der Waals surface area (Å²) in [5.74, 6) is 0. The lowest BCUT2D eigenvalue weighted by Gasteiger charge is -2.19. The Balaban J connectivity index is 1.12. The number of hydrogen-bond acceptors (Lipinski definition) is 0. The number of rotatable bonds is 3. The second-order valence-corrected chi connectivity index (χ2v) is 25.2. The van der Waals surface area contributed by atoms with Gasteiger partial charge in [0.05, 0.1) is 38.8 Å². The summed E-state index contributed by atoms with van der Waals surface area (Å²) in [7, 11) is 0. The molecule has 3 nitrogen and oxygen atoms in total. The maximum absolute atomic E-state index is 2.57. The van der Waals surface area contributed by atoms with Gasteiger partial charge in [-0.1, -0.05) is 180 Å². The van der Waals surface area contributed by atoms with E-state index in [4.69, 9.17) is 0 Å². The van der Waals surface area contributed by atoms with Gasteiger partial charge in [0.25, 0.3) is 0 Å². The number of fused-ring (bicyclic) bond motifs is 14. The molecule has 0 unspecified atom stereocenters. The second kappa shape index (κ2) is 15.4. The smallest absolute Gasteiger partial charge is 0.0562 e. The van der Waals surface area contributed by atoms with Gasteiger partial charge in [-0.3, -0.25) is 0 Å². The minimum Gasteiger partial charge on any atom is -0.309 e. The molecule has 13 aromatic rings. The molecular formula is C70H65N3. The molecule has 0 aliphatic rings. The first-order valence-corrected chi connectivity index (χ1v) is 26.3. The van der Waals surface area contributed by atoms with Crippen LogP contribution >= 0.6 is 0 Å². The molecule has 10 aromatic carbocycles. The molecule has 0 atom stereocenters. The van der Waals surface area contributed by atoms with E-state index in [-0.39, 0.29) is 21.7 Å². The first-order valence-electron chi connectivity index (χ1n) is 26.3. The molecule has 0 saturated heterocycles. The summed E-state index contributed by atoms with van der Waals surface area (Å²) < 4.78 is 7.58. The highest BCUT2D eigenvalue weighted by Gasteiger charge is 2.25. The van der Waals surface area contributed by atoms with Crippen LogP contribution in [-0.4, -0.2) is 13.7 Å². The molecule has 0 saturated carbocycles. The summed E-state index contributed by atoms with van der Waals surface area (Å²) in [5, 5.41) is 15.2. The second-order valence-electron chi connectivity index (χ2n) is 25.2. The van der Waals surface area contributed by atoms with Crippen LogP contribution in [-0.2, 0) is 21.7 Å². The highest BCUT2D eigenvalue weighted by molar-refractivity contribution is 6.20. The molecular weight excluding hydrogens is 883 g/mol. The Morgan fingerprint density at radius 2 is 0.589 bits per heavy atom. The summed E-state index contributed by atoms with van der Waals surface area (Å²) in [6.07, 6.45) is 0. The monoisotopic (exact) mass is 948 g/mol. The van der Waals surface area contributed by atoms with Crippen molar-refractivity contribution < 1.29 is 0 Å².